The summed E-state index contributed by atoms with van der Waals surface area (Å²) in [7, 11) is -2.31. The van der Waals surface area contributed by atoms with Crippen molar-refractivity contribution in [1.82, 2.24) is 9.29 Å². The molecule has 0 unspecified atom stereocenters. The van der Waals surface area contributed by atoms with E-state index in [9.17, 15) is 13.2 Å². The Labute approximate surface area is 181 Å². The number of hydrogen-bond donors (Lipinski definition) is 1. The molecule has 31 heavy (non-hydrogen) atoms. The van der Waals surface area contributed by atoms with Gasteiger partial charge >= 0.3 is 0 Å². The predicted octanol–water partition coefficient (Wildman–Crippen LogP) is 3.22. The molecule has 2 heterocycles. The Hall–Kier alpha value is -2.68. The van der Waals surface area contributed by atoms with Crippen LogP contribution in [0.2, 0.25) is 0 Å². The highest BCUT2D eigenvalue weighted by Gasteiger charge is 2.30. The Balaban J connectivity index is 1.70. The summed E-state index contributed by atoms with van der Waals surface area (Å²) in [4.78, 5) is 15.8. The van der Waals surface area contributed by atoms with Crippen LogP contribution in [0.3, 0.4) is 0 Å². The van der Waals surface area contributed by atoms with Crippen LogP contribution in [-0.2, 0) is 21.3 Å². The zero-order chi connectivity index (χ0) is 22.0. The Morgan fingerprint density at radius 3 is 2.61 bits per heavy atom. The lowest BCUT2D eigenvalue weighted by Gasteiger charge is -2.25. The highest BCUT2D eigenvalue weighted by atomic mass is 32.2. The van der Waals surface area contributed by atoms with E-state index in [-0.39, 0.29) is 29.6 Å². The van der Waals surface area contributed by atoms with Gasteiger partial charge in [-0.2, -0.15) is 4.31 Å². The molecule has 1 aliphatic rings. The highest BCUT2D eigenvalue weighted by molar-refractivity contribution is 7.89. The molecule has 1 aliphatic heterocycles. The summed E-state index contributed by atoms with van der Waals surface area (Å²) in [6.07, 6.45) is 1.51. The molecule has 3 aromatic rings. The van der Waals surface area contributed by atoms with Crippen molar-refractivity contribution in [3.8, 4) is 5.75 Å². The molecule has 0 radical (unpaired) electrons. The van der Waals surface area contributed by atoms with Crippen molar-refractivity contribution in [3.63, 3.8) is 0 Å². The number of aryl methyl sites for hydroxylation is 1. The maximum atomic E-state index is 13.5. The summed E-state index contributed by atoms with van der Waals surface area (Å²) in [6, 6.07) is 13.8. The molecule has 7 nitrogen and oxygen atoms in total. The van der Waals surface area contributed by atoms with Crippen LogP contribution in [0.25, 0.3) is 10.9 Å². The van der Waals surface area contributed by atoms with Gasteiger partial charge < -0.3 is 14.5 Å². The van der Waals surface area contributed by atoms with Gasteiger partial charge in [-0.05, 0) is 67.1 Å². The quantitative estimate of drug-likeness (QED) is 0.607. The Morgan fingerprint density at radius 2 is 1.94 bits per heavy atom. The van der Waals surface area contributed by atoms with Gasteiger partial charge in [0.1, 0.15) is 5.75 Å². The molecule has 1 fully saturated rings. The minimum atomic E-state index is -3.84. The molecule has 8 heteroatoms. The number of sulfonamides is 1. The normalized spacial score (nSPS) is 16.8. The topological polar surface area (TPSA) is 88.7 Å². The molecule has 0 amide bonds. The molecule has 164 valence electrons. The lowest BCUT2D eigenvalue weighted by Crippen LogP contribution is -2.38. The molecular weight excluding hydrogens is 416 g/mol. The van der Waals surface area contributed by atoms with Crippen LogP contribution < -0.4 is 10.3 Å². The molecule has 1 N–H and O–H groups in total. The van der Waals surface area contributed by atoms with Crippen LogP contribution in [-0.4, -0.2) is 44.1 Å². The standard InChI is InChI=1S/C23H26N2O5S/c1-16-5-6-17-13-18(23(26)24-22(17)12-16)14-25(15-20-4-3-11-30-20)31(27,28)21-9-7-19(29-2)8-10-21/h5-10,12-13,20H,3-4,11,14-15H2,1-2H3,(H,24,26)/t20-/m0/s1. The van der Waals surface area contributed by atoms with Gasteiger partial charge in [-0.3, -0.25) is 4.79 Å². The molecular formula is C23H26N2O5S. The van der Waals surface area contributed by atoms with Gasteiger partial charge in [0.15, 0.2) is 0 Å². The first kappa shape index (κ1) is 21.5. The number of pyridine rings is 1. The lowest BCUT2D eigenvalue weighted by molar-refractivity contribution is 0.0925. The first-order valence-corrected chi connectivity index (χ1v) is 11.7. The van der Waals surface area contributed by atoms with Crippen LogP contribution in [0.4, 0.5) is 0 Å². The first-order chi connectivity index (χ1) is 14.9. The number of nitrogens with zero attached hydrogens (tertiary/aromatic N) is 1. The van der Waals surface area contributed by atoms with E-state index < -0.39 is 10.0 Å². The highest BCUT2D eigenvalue weighted by Crippen LogP contribution is 2.24. The van der Waals surface area contributed by atoms with E-state index in [1.165, 1.54) is 23.5 Å². The third-order valence-corrected chi connectivity index (χ3v) is 7.38. The minimum Gasteiger partial charge on any atom is -0.497 e. The van der Waals surface area contributed by atoms with Gasteiger partial charge in [-0.25, -0.2) is 8.42 Å². The van der Waals surface area contributed by atoms with Crippen molar-refractivity contribution in [1.29, 1.82) is 0 Å². The molecule has 1 atom stereocenters. The molecule has 2 aromatic carbocycles. The summed E-state index contributed by atoms with van der Waals surface area (Å²) in [5, 5.41) is 0.860. The van der Waals surface area contributed by atoms with Crippen molar-refractivity contribution in [2.24, 2.45) is 0 Å². The van der Waals surface area contributed by atoms with E-state index >= 15 is 0 Å². The van der Waals surface area contributed by atoms with E-state index in [2.05, 4.69) is 4.98 Å². The number of aromatic amines is 1. The van der Waals surface area contributed by atoms with E-state index in [4.69, 9.17) is 9.47 Å². The molecule has 1 aromatic heterocycles. The van der Waals surface area contributed by atoms with Gasteiger partial charge in [-0.15, -0.1) is 0 Å². The SMILES string of the molecule is COc1ccc(S(=O)(=O)N(Cc2cc3ccc(C)cc3[nH]c2=O)C[C@@H]2CCCO2)cc1. The van der Waals surface area contributed by atoms with Gasteiger partial charge in [0.2, 0.25) is 10.0 Å². The average Bonchev–Trinajstić information content (AvgIpc) is 3.27. The Bertz CT molecular complexity index is 1230. The number of rotatable bonds is 7. The Kier molecular flexibility index (Phi) is 6.13. The largest absolute Gasteiger partial charge is 0.497 e. The predicted molar refractivity (Wildman–Crippen MR) is 119 cm³/mol. The van der Waals surface area contributed by atoms with Gasteiger partial charge in [0, 0.05) is 30.8 Å². The van der Waals surface area contributed by atoms with Gasteiger partial charge in [0.05, 0.1) is 18.1 Å². The summed E-state index contributed by atoms with van der Waals surface area (Å²) in [6.45, 7) is 2.74. The third kappa shape index (κ3) is 4.66. The number of methoxy groups -OCH3 is 1. The fourth-order valence-electron chi connectivity index (χ4n) is 3.83. The maximum absolute atomic E-state index is 13.5. The van der Waals surface area contributed by atoms with Crippen LogP contribution in [0.1, 0.15) is 24.0 Å². The van der Waals surface area contributed by atoms with E-state index in [1.54, 1.807) is 18.2 Å². The first-order valence-electron chi connectivity index (χ1n) is 10.3. The number of nitrogens with one attached hydrogen (secondary N) is 1. The van der Waals surface area contributed by atoms with E-state index in [1.807, 2.05) is 25.1 Å². The fraction of sp³-hybridized carbons (Fsp3) is 0.348. The number of aromatic nitrogens is 1. The third-order valence-electron chi connectivity index (χ3n) is 5.55. The lowest BCUT2D eigenvalue weighted by atomic mass is 10.1. The van der Waals surface area contributed by atoms with Crippen molar-refractivity contribution >= 4 is 20.9 Å². The van der Waals surface area contributed by atoms with Crippen LogP contribution >= 0.6 is 0 Å². The van der Waals surface area contributed by atoms with E-state index in [0.717, 1.165) is 29.3 Å². The molecule has 0 spiro atoms. The van der Waals surface area contributed by atoms with Crippen molar-refractivity contribution in [2.75, 3.05) is 20.3 Å². The summed E-state index contributed by atoms with van der Waals surface area (Å²) in [5.74, 6) is 0.575. The van der Waals surface area contributed by atoms with Gasteiger partial charge in [0.25, 0.3) is 5.56 Å². The number of hydrogen-bond acceptors (Lipinski definition) is 5. The van der Waals surface area contributed by atoms with Gasteiger partial charge in [-0.1, -0.05) is 12.1 Å². The Morgan fingerprint density at radius 1 is 1.16 bits per heavy atom. The smallest absolute Gasteiger partial charge is 0.252 e. The van der Waals surface area contributed by atoms with Crippen LogP contribution in [0.5, 0.6) is 5.75 Å². The summed E-state index contributed by atoms with van der Waals surface area (Å²) in [5.41, 5.74) is 1.88. The molecule has 1 saturated heterocycles. The van der Waals surface area contributed by atoms with Crippen molar-refractivity contribution < 1.29 is 17.9 Å². The van der Waals surface area contributed by atoms with E-state index in [0.29, 0.717) is 17.9 Å². The summed E-state index contributed by atoms with van der Waals surface area (Å²) >= 11 is 0. The molecule has 0 saturated carbocycles. The fourth-order valence-corrected chi connectivity index (χ4v) is 5.28. The number of ether oxygens (including phenoxy) is 2. The zero-order valence-electron chi connectivity index (χ0n) is 17.6. The second-order valence-corrected chi connectivity index (χ2v) is 9.76. The number of H-pyrrole nitrogens is 1. The number of fused-ring (bicyclic) bond motifs is 1. The van der Waals surface area contributed by atoms with Crippen molar-refractivity contribution in [2.45, 2.75) is 37.3 Å². The number of benzene rings is 2. The average molecular weight is 443 g/mol. The second-order valence-electron chi connectivity index (χ2n) is 7.82. The summed E-state index contributed by atoms with van der Waals surface area (Å²) < 4.78 is 39.1. The molecule has 4 rings (SSSR count). The zero-order valence-corrected chi connectivity index (χ0v) is 18.4. The monoisotopic (exact) mass is 442 g/mol. The molecule has 0 bridgehead atoms. The van der Waals surface area contributed by atoms with Crippen LogP contribution in [0.15, 0.2) is 58.2 Å². The van der Waals surface area contributed by atoms with Crippen LogP contribution in [0, 0.1) is 6.92 Å². The maximum Gasteiger partial charge on any atom is 0.252 e. The minimum absolute atomic E-state index is 0.0344. The second kappa shape index (κ2) is 8.82. The van der Waals surface area contributed by atoms with Crippen molar-refractivity contribution in [3.05, 3.63) is 70.0 Å². The molecule has 0 aliphatic carbocycles.